The topological polar surface area (TPSA) is 77.8 Å². The number of amides is 1. The maximum absolute atomic E-state index is 11.9. The molecule has 2 N–H and O–H groups in total. The summed E-state index contributed by atoms with van der Waals surface area (Å²) in [5, 5.41) is 18.2. The third kappa shape index (κ3) is 3.21. The Balaban J connectivity index is 2.98. The van der Waals surface area contributed by atoms with Gasteiger partial charge in [0.25, 0.3) is 5.91 Å². The molecule has 1 aromatic carbocycles. The lowest BCUT2D eigenvalue weighted by Gasteiger charge is -2.15. The molecule has 0 aliphatic heterocycles. The first-order chi connectivity index (χ1) is 7.95. The van der Waals surface area contributed by atoms with Crippen LogP contribution in [0.3, 0.4) is 0 Å². The first-order valence-electron chi connectivity index (χ1n) is 5.24. The zero-order chi connectivity index (χ0) is 13.0. The number of carboxylic acid groups (broad SMARTS) is 1. The number of likely N-dealkylation sites (N-methyl/N-ethyl adjacent to an activating group) is 1. The molecule has 0 atom stereocenters. The molecule has 0 bridgehead atoms. The first kappa shape index (κ1) is 13.0. The Hall–Kier alpha value is -2.04. The van der Waals surface area contributed by atoms with Crippen LogP contribution in [0.15, 0.2) is 18.2 Å². The predicted molar refractivity (Wildman–Crippen MR) is 62.1 cm³/mol. The van der Waals surface area contributed by atoms with Crippen LogP contribution in [0.4, 0.5) is 0 Å². The Bertz CT molecular complexity index is 442. The van der Waals surface area contributed by atoms with Crippen LogP contribution in [0.1, 0.15) is 22.8 Å². The summed E-state index contributed by atoms with van der Waals surface area (Å²) in [6.45, 7) is 1.54. The number of benzene rings is 1. The third-order valence-corrected chi connectivity index (χ3v) is 2.42. The number of carbonyl (C=O) groups is 2. The van der Waals surface area contributed by atoms with Crippen molar-refractivity contribution in [3.05, 3.63) is 29.3 Å². The van der Waals surface area contributed by atoms with Crippen LogP contribution in [-0.2, 0) is 11.2 Å². The average Bonchev–Trinajstić information content (AvgIpc) is 2.28. The molecule has 5 heteroatoms. The standard InChI is InChI=1S/C12H15NO4/c1-3-8-4-5-10(14)9(6-8)12(17)13(2)7-11(15)16/h4-6,14H,3,7H2,1-2H3,(H,15,16). The van der Waals surface area contributed by atoms with Gasteiger partial charge in [0.2, 0.25) is 0 Å². The van der Waals surface area contributed by atoms with E-state index in [9.17, 15) is 14.7 Å². The van der Waals surface area contributed by atoms with Gasteiger partial charge in [-0.3, -0.25) is 9.59 Å². The fraction of sp³-hybridized carbons (Fsp3) is 0.333. The number of phenolic OH excluding ortho intramolecular Hbond substituents is 1. The highest BCUT2D eigenvalue weighted by Crippen LogP contribution is 2.20. The molecule has 1 aromatic rings. The van der Waals surface area contributed by atoms with Crippen molar-refractivity contribution >= 4 is 11.9 Å². The van der Waals surface area contributed by atoms with E-state index >= 15 is 0 Å². The van der Waals surface area contributed by atoms with Gasteiger partial charge in [0.05, 0.1) is 5.56 Å². The van der Waals surface area contributed by atoms with E-state index < -0.39 is 18.4 Å². The smallest absolute Gasteiger partial charge is 0.323 e. The largest absolute Gasteiger partial charge is 0.507 e. The molecule has 5 nitrogen and oxygen atoms in total. The first-order valence-corrected chi connectivity index (χ1v) is 5.24. The molecule has 17 heavy (non-hydrogen) atoms. The number of carboxylic acids is 1. The minimum Gasteiger partial charge on any atom is -0.507 e. The number of nitrogens with zero attached hydrogens (tertiary/aromatic N) is 1. The summed E-state index contributed by atoms with van der Waals surface area (Å²) in [5.41, 5.74) is 1.04. The van der Waals surface area contributed by atoms with Crippen LogP contribution in [-0.4, -0.2) is 40.6 Å². The Morgan fingerprint density at radius 1 is 1.35 bits per heavy atom. The normalized spacial score (nSPS) is 10.0. The number of phenols is 1. The summed E-state index contributed by atoms with van der Waals surface area (Å²) < 4.78 is 0. The van der Waals surface area contributed by atoms with Gasteiger partial charge in [-0.1, -0.05) is 13.0 Å². The lowest BCUT2D eigenvalue weighted by molar-refractivity contribution is -0.137. The average molecular weight is 237 g/mol. The van der Waals surface area contributed by atoms with Gasteiger partial charge in [0, 0.05) is 7.05 Å². The lowest BCUT2D eigenvalue weighted by Crippen LogP contribution is -2.32. The molecule has 0 aliphatic rings. The highest BCUT2D eigenvalue weighted by molar-refractivity contribution is 5.98. The maximum atomic E-state index is 11.9. The molecule has 0 fully saturated rings. The molecule has 1 amide bonds. The van der Waals surface area contributed by atoms with Gasteiger partial charge >= 0.3 is 5.97 Å². The summed E-state index contributed by atoms with van der Waals surface area (Å²) >= 11 is 0. The molecule has 0 spiro atoms. The van der Waals surface area contributed by atoms with Crippen molar-refractivity contribution in [2.24, 2.45) is 0 Å². The Kier molecular flexibility index (Phi) is 4.09. The number of aromatic hydroxyl groups is 1. The number of aryl methyl sites for hydroxylation is 1. The van der Waals surface area contributed by atoms with Crippen molar-refractivity contribution in [3.8, 4) is 5.75 Å². The molecule has 0 radical (unpaired) electrons. The summed E-state index contributed by atoms with van der Waals surface area (Å²) in [6.07, 6.45) is 0.739. The number of hydrogen-bond acceptors (Lipinski definition) is 3. The fourth-order valence-electron chi connectivity index (χ4n) is 1.45. The molecule has 0 unspecified atom stereocenters. The van der Waals surface area contributed by atoms with E-state index in [2.05, 4.69) is 0 Å². The number of rotatable bonds is 4. The highest BCUT2D eigenvalue weighted by atomic mass is 16.4. The predicted octanol–water partition coefficient (Wildman–Crippen LogP) is 1.11. The zero-order valence-corrected chi connectivity index (χ0v) is 9.80. The van der Waals surface area contributed by atoms with Crippen LogP contribution in [0, 0.1) is 0 Å². The van der Waals surface area contributed by atoms with E-state index in [1.54, 1.807) is 12.1 Å². The van der Waals surface area contributed by atoms with Crippen molar-refractivity contribution in [1.82, 2.24) is 4.90 Å². The summed E-state index contributed by atoms with van der Waals surface area (Å²) in [5.74, 6) is -1.73. The van der Waals surface area contributed by atoms with Gasteiger partial charge in [-0.2, -0.15) is 0 Å². The van der Waals surface area contributed by atoms with Gasteiger partial charge in [-0.05, 0) is 24.1 Å². The van der Waals surface area contributed by atoms with Gasteiger partial charge in [0.1, 0.15) is 12.3 Å². The zero-order valence-electron chi connectivity index (χ0n) is 9.80. The summed E-state index contributed by atoms with van der Waals surface area (Å²) in [7, 11) is 1.38. The molecule has 0 aromatic heterocycles. The molecule has 0 saturated heterocycles. The monoisotopic (exact) mass is 237 g/mol. The Morgan fingerprint density at radius 2 is 2.00 bits per heavy atom. The number of carbonyl (C=O) groups excluding carboxylic acids is 1. The van der Waals surface area contributed by atoms with Crippen molar-refractivity contribution in [2.75, 3.05) is 13.6 Å². The number of aliphatic carboxylic acids is 1. The van der Waals surface area contributed by atoms with Crippen LogP contribution in [0.2, 0.25) is 0 Å². The minimum atomic E-state index is -1.09. The molecule has 0 aliphatic carbocycles. The summed E-state index contributed by atoms with van der Waals surface area (Å²) in [4.78, 5) is 23.4. The van der Waals surface area contributed by atoms with E-state index in [4.69, 9.17) is 5.11 Å². The van der Waals surface area contributed by atoms with Gasteiger partial charge in [-0.25, -0.2) is 0 Å². The second kappa shape index (κ2) is 5.34. The van der Waals surface area contributed by atoms with Crippen molar-refractivity contribution in [2.45, 2.75) is 13.3 Å². The van der Waals surface area contributed by atoms with E-state index in [0.29, 0.717) is 0 Å². The number of hydrogen-bond donors (Lipinski definition) is 2. The van der Waals surface area contributed by atoms with Crippen molar-refractivity contribution < 1.29 is 19.8 Å². The van der Waals surface area contributed by atoms with Crippen LogP contribution in [0.5, 0.6) is 5.75 Å². The quantitative estimate of drug-likeness (QED) is 0.822. The maximum Gasteiger partial charge on any atom is 0.323 e. The fourth-order valence-corrected chi connectivity index (χ4v) is 1.45. The van der Waals surface area contributed by atoms with E-state index in [1.165, 1.54) is 13.1 Å². The minimum absolute atomic E-state index is 0.133. The van der Waals surface area contributed by atoms with Gasteiger partial charge in [0.15, 0.2) is 0 Å². The Labute approximate surface area is 99.3 Å². The van der Waals surface area contributed by atoms with Crippen LogP contribution < -0.4 is 0 Å². The molecular formula is C12H15NO4. The van der Waals surface area contributed by atoms with E-state index in [0.717, 1.165) is 16.9 Å². The van der Waals surface area contributed by atoms with Crippen LogP contribution >= 0.6 is 0 Å². The van der Waals surface area contributed by atoms with E-state index in [1.807, 2.05) is 6.92 Å². The molecular weight excluding hydrogens is 222 g/mol. The van der Waals surface area contributed by atoms with Crippen LogP contribution in [0.25, 0.3) is 0 Å². The van der Waals surface area contributed by atoms with Gasteiger partial charge < -0.3 is 15.1 Å². The molecule has 0 saturated carbocycles. The third-order valence-electron chi connectivity index (χ3n) is 2.42. The van der Waals surface area contributed by atoms with E-state index in [-0.39, 0.29) is 11.3 Å². The Morgan fingerprint density at radius 3 is 2.53 bits per heavy atom. The van der Waals surface area contributed by atoms with Gasteiger partial charge in [-0.15, -0.1) is 0 Å². The second-order valence-corrected chi connectivity index (χ2v) is 3.76. The molecule has 0 heterocycles. The van der Waals surface area contributed by atoms with Crippen molar-refractivity contribution in [3.63, 3.8) is 0 Å². The highest BCUT2D eigenvalue weighted by Gasteiger charge is 2.17. The summed E-state index contributed by atoms with van der Waals surface area (Å²) in [6, 6.07) is 4.75. The SMILES string of the molecule is CCc1ccc(O)c(C(=O)N(C)CC(=O)O)c1. The second-order valence-electron chi connectivity index (χ2n) is 3.76. The van der Waals surface area contributed by atoms with Crippen molar-refractivity contribution in [1.29, 1.82) is 0 Å². The molecule has 1 rings (SSSR count). The molecule has 92 valence electrons. The lowest BCUT2D eigenvalue weighted by atomic mass is 10.1.